The third kappa shape index (κ3) is 2.47. The number of anilines is 1. The second-order valence-corrected chi connectivity index (χ2v) is 7.51. The average molecular weight is 300 g/mol. The van der Waals surface area contributed by atoms with E-state index in [2.05, 4.69) is 46.8 Å². The lowest BCUT2D eigenvalue weighted by atomic mass is 9.96. The molecule has 2 unspecified atom stereocenters. The molecule has 1 N–H and O–H groups in total. The van der Waals surface area contributed by atoms with E-state index in [1.165, 1.54) is 54.4 Å². The lowest BCUT2D eigenvalue weighted by molar-refractivity contribution is 0.357. The molecule has 0 amide bonds. The van der Waals surface area contributed by atoms with E-state index in [1.54, 1.807) is 0 Å². The van der Waals surface area contributed by atoms with Crippen molar-refractivity contribution in [3.63, 3.8) is 0 Å². The monoisotopic (exact) mass is 300 g/mol. The maximum atomic E-state index is 3.74. The van der Waals surface area contributed by atoms with Crippen LogP contribution < -0.4 is 10.2 Å². The molecule has 1 aromatic carbocycles. The molecule has 2 aliphatic heterocycles. The van der Waals surface area contributed by atoms with E-state index in [-0.39, 0.29) is 0 Å². The lowest BCUT2D eigenvalue weighted by Gasteiger charge is -2.41. The van der Waals surface area contributed by atoms with Crippen molar-refractivity contribution >= 4 is 27.1 Å². The standard InChI is InChI=1S/C18H24N2S/c1-2-8-19-14-11-16-3-4-17(12-14)20(16)15-5-6-18-13(10-15)7-9-21-18/h5-7,9-10,14,16-17,19H,2-4,8,11-12H2,1H3. The van der Waals surface area contributed by atoms with Gasteiger partial charge in [-0.2, -0.15) is 0 Å². The number of hydrogen-bond donors (Lipinski definition) is 1. The molecule has 0 spiro atoms. The van der Waals surface area contributed by atoms with Crippen LogP contribution in [0.3, 0.4) is 0 Å². The Morgan fingerprint density at radius 2 is 2.00 bits per heavy atom. The predicted octanol–water partition coefficient (Wildman–Crippen LogP) is 4.40. The summed E-state index contributed by atoms with van der Waals surface area (Å²) >= 11 is 1.84. The molecule has 0 saturated carbocycles. The Kier molecular flexibility index (Phi) is 3.64. The fourth-order valence-electron chi connectivity index (χ4n) is 4.23. The quantitative estimate of drug-likeness (QED) is 0.900. The summed E-state index contributed by atoms with van der Waals surface area (Å²) in [4.78, 5) is 2.72. The Bertz CT molecular complexity index is 606. The van der Waals surface area contributed by atoms with Gasteiger partial charge in [-0.15, -0.1) is 11.3 Å². The Hall–Kier alpha value is -1.06. The SMILES string of the molecule is CCCNC1CC2CCC(C1)N2c1ccc2sccc2c1. The third-order valence-electron chi connectivity index (χ3n) is 5.15. The molecule has 2 aliphatic rings. The van der Waals surface area contributed by atoms with Gasteiger partial charge >= 0.3 is 0 Å². The predicted molar refractivity (Wildman–Crippen MR) is 92.4 cm³/mol. The summed E-state index contributed by atoms with van der Waals surface area (Å²) in [5.41, 5.74) is 1.45. The summed E-state index contributed by atoms with van der Waals surface area (Å²) in [6.07, 6.45) is 6.62. The topological polar surface area (TPSA) is 15.3 Å². The summed E-state index contributed by atoms with van der Waals surface area (Å²) in [5, 5.41) is 7.35. The minimum Gasteiger partial charge on any atom is -0.365 e. The van der Waals surface area contributed by atoms with Crippen LogP contribution in [-0.4, -0.2) is 24.7 Å². The van der Waals surface area contributed by atoms with Gasteiger partial charge in [-0.25, -0.2) is 0 Å². The fourth-order valence-corrected chi connectivity index (χ4v) is 5.00. The zero-order chi connectivity index (χ0) is 14.2. The van der Waals surface area contributed by atoms with E-state index in [0.29, 0.717) is 0 Å². The minimum absolute atomic E-state index is 0.739. The van der Waals surface area contributed by atoms with Crippen LogP contribution in [0.25, 0.3) is 10.1 Å². The molecule has 4 rings (SSSR count). The van der Waals surface area contributed by atoms with Crippen LogP contribution in [0.1, 0.15) is 39.0 Å². The lowest BCUT2D eigenvalue weighted by Crippen LogP contribution is -2.49. The van der Waals surface area contributed by atoms with E-state index in [0.717, 1.165) is 18.1 Å². The molecule has 112 valence electrons. The van der Waals surface area contributed by atoms with Crippen molar-refractivity contribution in [3.8, 4) is 0 Å². The fraction of sp³-hybridized carbons (Fsp3) is 0.556. The van der Waals surface area contributed by atoms with Crippen molar-refractivity contribution in [3.05, 3.63) is 29.6 Å². The van der Waals surface area contributed by atoms with Gasteiger partial charge in [0.1, 0.15) is 0 Å². The van der Waals surface area contributed by atoms with Crippen LogP contribution in [0.15, 0.2) is 29.6 Å². The number of piperidine rings is 1. The summed E-state index contributed by atoms with van der Waals surface area (Å²) in [7, 11) is 0. The highest BCUT2D eigenvalue weighted by molar-refractivity contribution is 7.17. The first kappa shape index (κ1) is 13.6. The Morgan fingerprint density at radius 1 is 1.19 bits per heavy atom. The van der Waals surface area contributed by atoms with Crippen LogP contribution in [0.4, 0.5) is 5.69 Å². The Labute approximate surface area is 131 Å². The van der Waals surface area contributed by atoms with Crippen molar-refractivity contribution in [2.24, 2.45) is 0 Å². The van der Waals surface area contributed by atoms with E-state index in [4.69, 9.17) is 0 Å². The van der Waals surface area contributed by atoms with E-state index >= 15 is 0 Å². The Balaban J connectivity index is 1.56. The van der Waals surface area contributed by atoms with Gasteiger partial charge in [-0.3, -0.25) is 0 Å². The Morgan fingerprint density at radius 3 is 2.76 bits per heavy atom. The van der Waals surface area contributed by atoms with E-state index < -0.39 is 0 Å². The molecule has 0 aliphatic carbocycles. The molecule has 2 atom stereocenters. The van der Waals surface area contributed by atoms with Crippen molar-refractivity contribution in [1.82, 2.24) is 5.32 Å². The second-order valence-electron chi connectivity index (χ2n) is 6.56. The molecular formula is C18H24N2S. The summed E-state index contributed by atoms with van der Waals surface area (Å²) in [6.45, 7) is 3.43. The number of nitrogens with one attached hydrogen (secondary N) is 1. The molecule has 2 saturated heterocycles. The van der Waals surface area contributed by atoms with Gasteiger partial charge < -0.3 is 10.2 Å². The van der Waals surface area contributed by atoms with Crippen LogP contribution in [0.2, 0.25) is 0 Å². The smallest absolute Gasteiger partial charge is 0.0378 e. The number of nitrogens with zero attached hydrogens (tertiary/aromatic N) is 1. The van der Waals surface area contributed by atoms with E-state index in [9.17, 15) is 0 Å². The van der Waals surface area contributed by atoms with Crippen molar-refractivity contribution in [1.29, 1.82) is 0 Å². The molecule has 2 aromatic rings. The summed E-state index contributed by atoms with van der Waals surface area (Å²) in [6, 6.07) is 11.5. The third-order valence-corrected chi connectivity index (χ3v) is 6.05. The first-order chi connectivity index (χ1) is 10.3. The van der Waals surface area contributed by atoms with E-state index in [1.807, 2.05) is 11.3 Å². The molecule has 21 heavy (non-hydrogen) atoms. The van der Waals surface area contributed by atoms with Crippen LogP contribution >= 0.6 is 11.3 Å². The molecule has 3 heterocycles. The van der Waals surface area contributed by atoms with Gasteiger partial charge in [0, 0.05) is 28.5 Å². The number of fused-ring (bicyclic) bond motifs is 3. The highest BCUT2D eigenvalue weighted by Crippen LogP contribution is 2.40. The van der Waals surface area contributed by atoms with Crippen molar-refractivity contribution in [2.75, 3.05) is 11.4 Å². The van der Waals surface area contributed by atoms with Gasteiger partial charge in [0.15, 0.2) is 0 Å². The van der Waals surface area contributed by atoms with Gasteiger partial charge in [-0.05, 0) is 73.7 Å². The van der Waals surface area contributed by atoms with Crippen molar-refractivity contribution < 1.29 is 0 Å². The number of hydrogen-bond acceptors (Lipinski definition) is 3. The van der Waals surface area contributed by atoms with Gasteiger partial charge in [0.05, 0.1) is 0 Å². The normalized spacial score (nSPS) is 28.4. The highest BCUT2D eigenvalue weighted by Gasteiger charge is 2.40. The first-order valence-electron chi connectivity index (χ1n) is 8.34. The maximum absolute atomic E-state index is 3.74. The largest absolute Gasteiger partial charge is 0.365 e. The van der Waals surface area contributed by atoms with Gasteiger partial charge in [0.25, 0.3) is 0 Å². The van der Waals surface area contributed by atoms with Gasteiger partial charge in [0.2, 0.25) is 0 Å². The highest BCUT2D eigenvalue weighted by atomic mass is 32.1. The maximum Gasteiger partial charge on any atom is 0.0378 e. The second kappa shape index (κ2) is 5.62. The molecule has 3 heteroatoms. The van der Waals surface area contributed by atoms with Crippen LogP contribution in [-0.2, 0) is 0 Å². The molecular weight excluding hydrogens is 276 g/mol. The molecule has 0 radical (unpaired) electrons. The molecule has 2 bridgehead atoms. The molecule has 2 nitrogen and oxygen atoms in total. The summed E-state index contributed by atoms with van der Waals surface area (Å²) in [5.74, 6) is 0. The van der Waals surface area contributed by atoms with Crippen LogP contribution in [0, 0.1) is 0 Å². The number of thiophene rings is 1. The first-order valence-corrected chi connectivity index (χ1v) is 9.22. The molecule has 2 fully saturated rings. The minimum atomic E-state index is 0.739. The molecule has 1 aromatic heterocycles. The summed E-state index contributed by atoms with van der Waals surface area (Å²) < 4.78 is 1.41. The van der Waals surface area contributed by atoms with Crippen LogP contribution in [0.5, 0.6) is 0 Å². The number of rotatable bonds is 4. The zero-order valence-electron chi connectivity index (χ0n) is 12.7. The zero-order valence-corrected chi connectivity index (χ0v) is 13.5. The van der Waals surface area contributed by atoms with Gasteiger partial charge in [-0.1, -0.05) is 6.92 Å². The average Bonchev–Trinajstić information content (AvgIpc) is 3.06. The van der Waals surface area contributed by atoms with Crippen molar-refractivity contribution in [2.45, 2.75) is 57.2 Å². The number of benzene rings is 1.